The highest BCUT2D eigenvalue weighted by Gasteiger charge is 2.24. The van der Waals surface area contributed by atoms with Gasteiger partial charge in [0.2, 0.25) is 0 Å². The number of nitrogens with one attached hydrogen (secondary N) is 1. The zero-order chi connectivity index (χ0) is 17.2. The van der Waals surface area contributed by atoms with E-state index in [1.165, 1.54) is 34.1 Å². The average molecular weight is 333 g/mol. The molecule has 1 aromatic heterocycles. The average Bonchev–Trinajstić information content (AvgIpc) is 3.05. The minimum atomic E-state index is 0.628. The van der Waals surface area contributed by atoms with Crippen molar-refractivity contribution in [1.82, 2.24) is 9.88 Å². The molecule has 0 saturated heterocycles. The lowest BCUT2D eigenvalue weighted by Crippen LogP contribution is -2.40. The number of anilines is 1. The first-order chi connectivity index (χ1) is 12.2. The number of aromatic amines is 1. The molecule has 3 heteroatoms. The van der Waals surface area contributed by atoms with Crippen LogP contribution in [0.5, 0.6) is 0 Å². The summed E-state index contributed by atoms with van der Waals surface area (Å²) in [6.07, 6.45) is 4.51. The lowest BCUT2D eigenvalue weighted by molar-refractivity contribution is 0.191. The zero-order valence-corrected chi connectivity index (χ0v) is 15.0. The van der Waals surface area contributed by atoms with Crippen LogP contribution in [0.25, 0.3) is 10.9 Å². The second-order valence-electron chi connectivity index (χ2n) is 7.14. The number of rotatable bonds is 5. The van der Waals surface area contributed by atoms with Gasteiger partial charge in [-0.1, -0.05) is 37.3 Å². The second-order valence-corrected chi connectivity index (χ2v) is 7.14. The van der Waals surface area contributed by atoms with E-state index in [0.717, 1.165) is 38.0 Å². The maximum atomic E-state index is 6.15. The molecule has 2 aromatic carbocycles. The molecular formula is C22H27N3. The summed E-state index contributed by atoms with van der Waals surface area (Å²) in [5, 5.41) is 1.31. The molecule has 1 unspecified atom stereocenters. The van der Waals surface area contributed by atoms with Gasteiger partial charge in [0.05, 0.1) is 0 Å². The maximum absolute atomic E-state index is 6.15. The summed E-state index contributed by atoms with van der Waals surface area (Å²) in [7, 11) is 0. The molecule has 0 aliphatic heterocycles. The molecule has 0 saturated carbocycles. The van der Waals surface area contributed by atoms with Gasteiger partial charge >= 0.3 is 0 Å². The van der Waals surface area contributed by atoms with Crippen LogP contribution in [-0.4, -0.2) is 29.0 Å². The Hall–Kier alpha value is -2.26. The number of nitrogens with two attached hydrogens (primary N) is 1. The number of para-hydroxylation sites is 1. The smallest absolute Gasteiger partial charge is 0.0456 e. The van der Waals surface area contributed by atoms with Gasteiger partial charge in [-0.05, 0) is 60.5 Å². The largest absolute Gasteiger partial charge is 0.398 e. The minimum absolute atomic E-state index is 0.628. The molecule has 130 valence electrons. The number of likely N-dealkylation sites (N-methyl/N-ethyl adjacent to an activating group) is 1. The number of nitrogens with zero attached hydrogens (tertiary/aromatic N) is 1. The van der Waals surface area contributed by atoms with Crippen molar-refractivity contribution in [3.63, 3.8) is 0 Å². The first-order valence-electron chi connectivity index (χ1n) is 9.41. The van der Waals surface area contributed by atoms with Gasteiger partial charge in [0.25, 0.3) is 0 Å². The number of nitrogen functional groups attached to an aromatic ring is 1. The summed E-state index contributed by atoms with van der Waals surface area (Å²) < 4.78 is 0. The van der Waals surface area contributed by atoms with Crippen LogP contribution >= 0.6 is 0 Å². The molecule has 1 heterocycles. The molecule has 1 atom stereocenters. The summed E-state index contributed by atoms with van der Waals surface area (Å²) in [6.45, 7) is 4.48. The quantitative estimate of drug-likeness (QED) is 0.688. The Kier molecular flexibility index (Phi) is 4.50. The van der Waals surface area contributed by atoms with E-state index in [1.807, 2.05) is 6.07 Å². The molecule has 0 spiro atoms. The molecule has 1 aliphatic carbocycles. The predicted octanol–water partition coefficient (Wildman–Crippen LogP) is 4.17. The van der Waals surface area contributed by atoms with Crippen LogP contribution in [0.3, 0.4) is 0 Å². The zero-order valence-electron chi connectivity index (χ0n) is 15.0. The van der Waals surface area contributed by atoms with Gasteiger partial charge in [-0.15, -0.1) is 0 Å². The third-order valence-corrected chi connectivity index (χ3v) is 5.67. The van der Waals surface area contributed by atoms with Crippen molar-refractivity contribution in [3.8, 4) is 0 Å². The van der Waals surface area contributed by atoms with Crippen LogP contribution in [-0.2, 0) is 19.3 Å². The van der Waals surface area contributed by atoms with E-state index in [-0.39, 0.29) is 0 Å². The normalized spacial score (nSPS) is 17.1. The van der Waals surface area contributed by atoms with Crippen LogP contribution in [0.4, 0.5) is 5.69 Å². The number of hydrogen-bond acceptors (Lipinski definition) is 2. The minimum Gasteiger partial charge on any atom is -0.398 e. The van der Waals surface area contributed by atoms with Gasteiger partial charge in [-0.3, -0.25) is 4.90 Å². The van der Waals surface area contributed by atoms with Crippen LogP contribution in [0.2, 0.25) is 0 Å². The molecule has 3 nitrogen and oxygen atoms in total. The molecule has 4 rings (SSSR count). The molecule has 3 aromatic rings. The summed E-state index contributed by atoms with van der Waals surface area (Å²) in [5.74, 6) is 0. The van der Waals surface area contributed by atoms with Gasteiger partial charge in [0, 0.05) is 35.9 Å². The standard InChI is InChI=1S/C22H27N3/c1-2-25(13-12-18-14-17-6-3-4-9-22(17)24-18)19-10-11-20-16(15-19)7-5-8-21(20)23/h3-9,14,19,24H,2,10-13,15,23H2,1H3. The van der Waals surface area contributed by atoms with E-state index in [4.69, 9.17) is 5.73 Å². The fourth-order valence-corrected chi connectivity index (χ4v) is 4.26. The molecule has 0 amide bonds. The fourth-order valence-electron chi connectivity index (χ4n) is 4.26. The summed E-state index contributed by atoms with van der Waals surface area (Å²) >= 11 is 0. The van der Waals surface area contributed by atoms with Crippen LogP contribution in [0.15, 0.2) is 48.5 Å². The van der Waals surface area contributed by atoms with Crippen molar-refractivity contribution in [3.05, 3.63) is 65.4 Å². The van der Waals surface area contributed by atoms with Crippen molar-refractivity contribution in [2.24, 2.45) is 0 Å². The van der Waals surface area contributed by atoms with Crippen LogP contribution < -0.4 is 5.73 Å². The SMILES string of the molecule is CCN(CCc1cc2ccccc2[nH]1)C1CCc2c(N)cccc2C1. The number of H-pyrrole nitrogens is 1. The molecule has 1 aliphatic rings. The Labute approximate surface area is 149 Å². The van der Waals surface area contributed by atoms with Crippen molar-refractivity contribution < 1.29 is 0 Å². The summed E-state index contributed by atoms with van der Waals surface area (Å²) in [6, 6.07) is 17.8. The van der Waals surface area contributed by atoms with Gasteiger partial charge < -0.3 is 10.7 Å². The number of hydrogen-bond donors (Lipinski definition) is 2. The van der Waals surface area contributed by atoms with Crippen molar-refractivity contribution >= 4 is 16.6 Å². The highest BCUT2D eigenvalue weighted by Crippen LogP contribution is 2.28. The van der Waals surface area contributed by atoms with E-state index in [2.05, 4.69) is 59.3 Å². The second kappa shape index (κ2) is 6.93. The Morgan fingerprint density at radius 3 is 2.88 bits per heavy atom. The van der Waals surface area contributed by atoms with Gasteiger partial charge in [0.15, 0.2) is 0 Å². The van der Waals surface area contributed by atoms with Gasteiger partial charge in [-0.2, -0.15) is 0 Å². The monoisotopic (exact) mass is 333 g/mol. The number of fused-ring (bicyclic) bond motifs is 2. The Morgan fingerprint density at radius 1 is 1.16 bits per heavy atom. The first kappa shape index (κ1) is 16.2. The summed E-state index contributed by atoms with van der Waals surface area (Å²) in [4.78, 5) is 6.19. The third kappa shape index (κ3) is 3.29. The van der Waals surface area contributed by atoms with Crippen LogP contribution in [0.1, 0.15) is 30.2 Å². The highest BCUT2D eigenvalue weighted by molar-refractivity contribution is 5.80. The molecular weight excluding hydrogens is 306 g/mol. The van der Waals surface area contributed by atoms with Gasteiger partial charge in [-0.25, -0.2) is 0 Å². The molecule has 25 heavy (non-hydrogen) atoms. The van der Waals surface area contributed by atoms with Crippen molar-refractivity contribution in [1.29, 1.82) is 0 Å². The predicted molar refractivity (Wildman–Crippen MR) is 106 cm³/mol. The number of aromatic nitrogens is 1. The Morgan fingerprint density at radius 2 is 2.04 bits per heavy atom. The highest BCUT2D eigenvalue weighted by atomic mass is 15.1. The van der Waals surface area contributed by atoms with Crippen LogP contribution in [0, 0.1) is 0 Å². The third-order valence-electron chi connectivity index (χ3n) is 5.67. The maximum Gasteiger partial charge on any atom is 0.0456 e. The molecule has 0 bridgehead atoms. The fraction of sp³-hybridized carbons (Fsp3) is 0.364. The van der Waals surface area contributed by atoms with Crippen molar-refractivity contribution in [2.75, 3.05) is 18.8 Å². The summed E-state index contributed by atoms with van der Waals surface area (Å²) in [5.41, 5.74) is 12.5. The molecule has 3 N–H and O–H groups in total. The topological polar surface area (TPSA) is 45.0 Å². The number of benzene rings is 2. The van der Waals surface area contributed by atoms with E-state index < -0.39 is 0 Å². The first-order valence-corrected chi connectivity index (χ1v) is 9.41. The Bertz CT molecular complexity index is 832. The molecule has 0 fully saturated rings. The van der Waals surface area contributed by atoms with E-state index in [0.29, 0.717) is 6.04 Å². The van der Waals surface area contributed by atoms with Crippen molar-refractivity contribution in [2.45, 2.75) is 38.6 Å². The Balaban J connectivity index is 1.44. The van der Waals surface area contributed by atoms with E-state index in [9.17, 15) is 0 Å². The lowest BCUT2D eigenvalue weighted by atomic mass is 9.86. The van der Waals surface area contributed by atoms with E-state index >= 15 is 0 Å². The van der Waals surface area contributed by atoms with Gasteiger partial charge in [0.1, 0.15) is 0 Å². The van der Waals surface area contributed by atoms with E-state index in [1.54, 1.807) is 0 Å². The lowest BCUT2D eigenvalue weighted by Gasteiger charge is -2.35. The molecule has 0 radical (unpaired) electrons.